The number of tetrazole rings is 1. The maximum absolute atomic E-state index is 13.4. The van der Waals surface area contributed by atoms with E-state index >= 15 is 0 Å². The average Bonchev–Trinajstić information content (AvgIpc) is 3.51. The number of anilines is 2. The molecule has 1 aromatic heterocycles. The molecule has 0 aliphatic rings. The van der Waals surface area contributed by atoms with E-state index in [1.165, 1.54) is 0 Å². The summed E-state index contributed by atoms with van der Waals surface area (Å²) in [7, 11) is 0. The molecule has 0 atom stereocenters. The van der Waals surface area contributed by atoms with Gasteiger partial charge in [0.15, 0.2) is 0 Å². The van der Waals surface area contributed by atoms with Crippen LogP contribution >= 0.6 is 11.6 Å². The van der Waals surface area contributed by atoms with Gasteiger partial charge >= 0.3 is 6.18 Å². The topological polar surface area (TPSA) is 86.8 Å². The predicted octanol–water partition coefficient (Wildman–Crippen LogP) is 7.64. The molecule has 0 unspecified atom stereocenters. The fourth-order valence-corrected chi connectivity index (χ4v) is 4.99. The van der Waals surface area contributed by atoms with Crippen LogP contribution in [0.3, 0.4) is 0 Å². The summed E-state index contributed by atoms with van der Waals surface area (Å²) in [6, 6.07) is 27.3. The number of nitrogens with zero attached hydrogens (tertiary/aromatic N) is 4. The molecule has 4 aromatic carbocycles. The first kappa shape index (κ1) is 29.8. The second kappa shape index (κ2) is 13.1. The molecular formula is C32H28ClF3N6O. The Labute approximate surface area is 251 Å². The number of rotatable bonds is 10. The molecule has 5 aromatic rings. The Hall–Kier alpha value is -4.70. The zero-order valence-corrected chi connectivity index (χ0v) is 24.0. The van der Waals surface area contributed by atoms with Crippen molar-refractivity contribution in [2.45, 2.75) is 32.5 Å². The van der Waals surface area contributed by atoms with Gasteiger partial charge in [-0.1, -0.05) is 83.9 Å². The second-order valence-corrected chi connectivity index (χ2v) is 10.6. The van der Waals surface area contributed by atoms with Gasteiger partial charge in [-0.25, -0.2) is 0 Å². The first-order valence-electron chi connectivity index (χ1n) is 13.5. The summed E-state index contributed by atoms with van der Waals surface area (Å²) < 4.78 is 40.3. The molecule has 0 aliphatic carbocycles. The van der Waals surface area contributed by atoms with Gasteiger partial charge in [0.1, 0.15) is 0 Å². The number of hydrogen-bond donors (Lipinski definition) is 2. The number of alkyl halides is 3. The van der Waals surface area contributed by atoms with E-state index in [1.807, 2.05) is 61.5 Å². The third-order valence-electron chi connectivity index (χ3n) is 6.85. The zero-order valence-electron chi connectivity index (χ0n) is 23.2. The number of nitrogens with one attached hydrogen (secondary N) is 2. The first-order valence-corrected chi connectivity index (χ1v) is 13.9. The van der Waals surface area contributed by atoms with Crippen molar-refractivity contribution in [3.63, 3.8) is 0 Å². The number of hydrogen-bond acceptors (Lipinski definition) is 5. The first-order chi connectivity index (χ1) is 20.6. The largest absolute Gasteiger partial charge is 0.390 e. The van der Waals surface area contributed by atoms with Gasteiger partial charge < -0.3 is 10.2 Å². The third-order valence-corrected chi connectivity index (χ3v) is 7.08. The normalized spacial score (nSPS) is 11.4. The molecule has 0 fully saturated rings. The van der Waals surface area contributed by atoms with Crippen molar-refractivity contribution < 1.29 is 18.0 Å². The van der Waals surface area contributed by atoms with Crippen LogP contribution < -0.4 is 10.2 Å². The highest BCUT2D eigenvalue weighted by atomic mass is 35.5. The lowest BCUT2D eigenvalue weighted by Gasteiger charge is -2.28. The lowest BCUT2D eigenvalue weighted by Crippen LogP contribution is -2.29. The Bertz CT molecular complexity index is 1690. The van der Waals surface area contributed by atoms with Crippen LogP contribution in [-0.2, 0) is 17.8 Å². The monoisotopic (exact) mass is 604 g/mol. The summed E-state index contributed by atoms with van der Waals surface area (Å²) in [5.41, 5.74) is 5.63. The van der Waals surface area contributed by atoms with Gasteiger partial charge in [0.05, 0.1) is 24.2 Å². The molecule has 5 rings (SSSR count). The number of halogens is 4. The highest BCUT2D eigenvalue weighted by Crippen LogP contribution is 2.37. The third kappa shape index (κ3) is 7.98. The summed E-state index contributed by atoms with van der Waals surface area (Å²) in [6.07, 6.45) is -5.31. The molecule has 7 nitrogen and oxygen atoms in total. The minimum atomic E-state index is -4.37. The van der Waals surface area contributed by atoms with E-state index in [2.05, 4.69) is 25.9 Å². The highest BCUT2D eigenvalue weighted by molar-refractivity contribution is 6.30. The van der Waals surface area contributed by atoms with Gasteiger partial charge in [-0.2, -0.15) is 18.4 Å². The molecule has 0 saturated heterocycles. The number of aryl methyl sites for hydroxylation is 1. The molecule has 0 bridgehead atoms. The molecule has 2 N–H and O–H groups in total. The summed E-state index contributed by atoms with van der Waals surface area (Å²) in [6.45, 7) is 1.79. The standard InChI is InChI=1S/C32H28ClF3N6O/c1-21-9-11-22(12-10-21)18-30(43)37-28-19-24(26-7-2-3-8-27(26)31-38-40-41-39-31)13-14-29(28)42(16-15-32(34,35)36)20-23-5-4-6-25(33)17-23/h2-14,17,19H,15-16,18,20H2,1H3,(H,37,43)(H,38,39,40,41). The Morgan fingerprint density at radius 1 is 0.930 bits per heavy atom. The molecular weight excluding hydrogens is 577 g/mol. The SMILES string of the molecule is Cc1ccc(CC(=O)Nc2cc(-c3ccccc3-c3nn[nH]n3)ccc2N(CCC(F)(F)F)Cc2cccc(Cl)c2)cc1. The van der Waals surface area contributed by atoms with Crippen molar-refractivity contribution in [1.82, 2.24) is 20.6 Å². The van der Waals surface area contributed by atoms with Gasteiger partial charge in [-0.15, -0.1) is 10.2 Å². The van der Waals surface area contributed by atoms with Gasteiger partial charge in [0.25, 0.3) is 0 Å². The van der Waals surface area contributed by atoms with E-state index in [1.54, 1.807) is 41.3 Å². The summed E-state index contributed by atoms with van der Waals surface area (Å²) in [5, 5.41) is 17.8. The minimum absolute atomic E-state index is 0.0975. The van der Waals surface area contributed by atoms with E-state index in [9.17, 15) is 18.0 Å². The number of aromatic nitrogens is 4. The fourth-order valence-electron chi connectivity index (χ4n) is 4.77. The molecule has 11 heteroatoms. The van der Waals surface area contributed by atoms with Crippen LogP contribution in [0, 0.1) is 6.92 Å². The van der Waals surface area contributed by atoms with E-state index in [0.717, 1.165) is 22.3 Å². The number of aromatic amines is 1. The van der Waals surface area contributed by atoms with Crippen molar-refractivity contribution >= 4 is 28.9 Å². The molecule has 0 saturated carbocycles. The number of carbonyl (C=O) groups excluding carboxylic acids is 1. The molecule has 220 valence electrons. The average molecular weight is 605 g/mol. The predicted molar refractivity (Wildman–Crippen MR) is 162 cm³/mol. The van der Waals surface area contributed by atoms with E-state index in [4.69, 9.17) is 11.6 Å². The molecule has 43 heavy (non-hydrogen) atoms. The number of H-pyrrole nitrogens is 1. The van der Waals surface area contributed by atoms with Crippen LogP contribution in [0.15, 0.2) is 91.0 Å². The molecule has 1 amide bonds. The summed E-state index contributed by atoms with van der Waals surface area (Å²) in [5.74, 6) is 0.0876. The van der Waals surface area contributed by atoms with E-state index < -0.39 is 12.6 Å². The lowest BCUT2D eigenvalue weighted by molar-refractivity contribution is -0.132. The smallest absolute Gasteiger partial charge is 0.365 e. The number of carbonyl (C=O) groups is 1. The van der Waals surface area contributed by atoms with E-state index in [0.29, 0.717) is 33.3 Å². The van der Waals surface area contributed by atoms with Crippen molar-refractivity contribution in [3.8, 4) is 22.5 Å². The van der Waals surface area contributed by atoms with Crippen molar-refractivity contribution in [3.05, 3.63) is 113 Å². The lowest BCUT2D eigenvalue weighted by atomic mass is 9.98. The Morgan fingerprint density at radius 2 is 1.70 bits per heavy atom. The van der Waals surface area contributed by atoms with Gasteiger partial charge in [-0.05, 0) is 58.7 Å². The van der Waals surface area contributed by atoms with Gasteiger partial charge in [0, 0.05) is 23.7 Å². The van der Waals surface area contributed by atoms with E-state index in [-0.39, 0.29) is 25.4 Å². The van der Waals surface area contributed by atoms with Crippen molar-refractivity contribution in [1.29, 1.82) is 0 Å². The molecule has 0 aliphatic heterocycles. The minimum Gasteiger partial charge on any atom is -0.365 e. The zero-order chi connectivity index (χ0) is 30.4. The number of benzene rings is 4. The quantitative estimate of drug-likeness (QED) is 0.171. The summed E-state index contributed by atoms with van der Waals surface area (Å²) >= 11 is 6.18. The Kier molecular flexibility index (Phi) is 9.06. The maximum atomic E-state index is 13.4. The molecule has 1 heterocycles. The van der Waals surface area contributed by atoms with Crippen LogP contribution in [0.25, 0.3) is 22.5 Å². The molecule has 0 spiro atoms. The van der Waals surface area contributed by atoms with Crippen LogP contribution in [0.2, 0.25) is 5.02 Å². The number of amides is 1. The van der Waals surface area contributed by atoms with Crippen LogP contribution in [0.5, 0.6) is 0 Å². The second-order valence-electron chi connectivity index (χ2n) is 10.1. The Balaban J connectivity index is 1.56. The van der Waals surface area contributed by atoms with Crippen molar-refractivity contribution in [2.75, 3.05) is 16.8 Å². The maximum Gasteiger partial charge on any atom is 0.390 e. The van der Waals surface area contributed by atoms with Crippen LogP contribution in [-0.4, -0.2) is 39.3 Å². The van der Waals surface area contributed by atoms with Gasteiger partial charge in [-0.3, -0.25) is 4.79 Å². The summed E-state index contributed by atoms with van der Waals surface area (Å²) in [4.78, 5) is 14.9. The highest BCUT2D eigenvalue weighted by Gasteiger charge is 2.29. The van der Waals surface area contributed by atoms with Crippen LogP contribution in [0.1, 0.15) is 23.1 Å². The van der Waals surface area contributed by atoms with Gasteiger partial charge in [0.2, 0.25) is 11.7 Å². The Morgan fingerprint density at radius 3 is 2.40 bits per heavy atom. The van der Waals surface area contributed by atoms with Crippen molar-refractivity contribution in [2.24, 2.45) is 0 Å². The van der Waals surface area contributed by atoms with Crippen LogP contribution in [0.4, 0.5) is 24.5 Å². The fraction of sp³-hybridized carbons (Fsp3) is 0.188. The molecule has 0 radical (unpaired) electrons.